The fourth-order valence-corrected chi connectivity index (χ4v) is 4.18. The van der Waals surface area contributed by atoms with Crippen molar-refractivity contribution in [3.63, 3.8) is 0 Å². The summed E-state index contributed by atoms with van der Waals surface area (Å²) in [6.07, 6.45) is -8.92. The molecule has 28 heavy (non-hydrogen) atoms. The van der Waals surface area contributed by atoms with Gasteiger partial charge in [-0.25, -0.2) is 9.36 Å². The normalized spacial score (nSPS) is 36.6. The molecular formula is C16H19O11P. The van der Waals surface area contributed by atoms with Crippen molar-refractivity contribution in [3.05, 3.63) is 46.3 Å². The minimum absolute atomic E-state index is 0.0700. The highest BCUT2D eigenvalue weighted by molar-refractivity contribution is 7.46. The second-order valence-corrected chi connectivity index (χ2v) is 8.05. The minimum Gasteiger partial charge on any atom is -0.423 e. The van der Waals surface area contributed by atoms with Crippen LogP contribution in [-0.2, 0) is 14.7 Å². The maximum Gasteiger partial charge on any atom is 0.470 e. The van der Waals surface area contributed by atoms with Gasteiger partial charge >= 0.3 is 13.4 Å². The van der Waals surface area contributed by atoms with E-state index in [2.05, 4.69) is 0 Å². The van der Waals surface area contributed by atoms with E-state index >= 15 is 0 Å². The van der Waals surface area contributed by atoms with E-state index in [-0.39, 0.29) is 11.1 Å². The van der Waals surface area contributed by atoms with E-state index in [1.54, 1.807) is 0 Å². The number of fused-ring (bicyclic) bond motifs is 1. The van der Waals surface area contributed by atoms with Crippen LogP contribution in [0.1, 0.15) is 12.5 Å². The van der Waals surface area contributed by atoms with Crippen LogP contribution < -0.4 is 5.63 Å². The standard InChI is InChI=1S/C16H19O11P/c1-15(22)11(18)13(20)16(14(21)12(15)19,27-28(23,24)25)8-4-2-7-3-5-10(17)26-9(7)6-8/h2-6,11-14,18-22H,1H3,(H2,23,24,25)/t11-,12+,13-,14-,15?,16?/m0/s1. The number of phosphoric acid groups is 1. The average Bonchev–Trinajstić information content (AvgIpc) is 2.61. The maximum absolute atomic E-state index is 11.6. The first kappa shape index (κ1) is 21.1. The van der Waals surface area contributed by atoms with Gasteiger partial charge in [-0.3, -0.25) is 4.52 Å². The van der Waals surface area contributed by atoms with Gasteiger partial charge in [0.25, 0.3) is 0 Å². The molecule has 1 fully saturated rings. The van der Waals surface area contributed by atoms with Crippen LogP contribution in [0.25, 0.3) is 11.0 Å². The molecule has 154 valence electrons. The third kappa shape index (κ3) is 3.20. The zero-order chi connectivity index (χ0) is 21.1. The fourth-order valence-electron chi connectivity index (χ4n) is 3.46. The molecule has 0 aliphatic heterocycles. The summed E-state index contributed by atoms with van der Waals surface area (Å²) in [6.45, 7) is 0.926. The molecule has 7 N–H and O–H groups in total. The van der Waals surface area contributed by atoms with Crippen molar-refractivity contribution in [2.45, 2.75) is 42.5 Å². The molecule has 11 nitrogen and oxygen atoms in total. The molecule has 1 aromatic heterocycles. The number of aliphatic hydroxyl groups is 5. The molecule has 1 saturated carbocycles. The van der Waals surface area contributed by atoms with Gasteiger partial charge in [-0.2, -0.15) is 0 Å². The van der Waals surface area contributed by atoms with Crippen LogP contribution in [0.15, 0.2) is 39.5 Å². The summed E-state index contributed by atoms with van der Waals surface area (Å²) < 4.78 is 21.3. The maximum atomic E-state index is 11.6. The molecule has 1 aliphatic carbocycles. The lowest BCUT2D eigenvalue weighted by Gasteiger charge is -2.53. The number of aliphatic hydroxyl groups excluding tert-OH is 4. The third-order valence-corrected chi connectivity index (χ3v) is 5.56. The van der Waals surface area contributed by atoms with Gasteiger partial charge in [-0.05, 0) is 24.6 Å². The first-order valence-electron chi connectivity index (χ1n) is 8.06. The van der Waals surface area contributed by atoms with Crippen LogP contribution in [0.3, 0.4) is 0 Å². The largest absolute Gasteiger partial charge is 0.470 e. The summed E-state index contributed by atoms with van der Waals surface area (Å²) in [6, 6.07) is 6.16. The highest BCUT2D eigenvalue weighted by Crippen LogP contribution is 2.53. The smallest absolute Gasteiger partial charge is 0.423 e. The third-order valence-electron chi connectivity index (χ3n) is 5.02. The molecular weight excluding hydrogens is 399 g/mol. The van der Waals surface area contributed by atoms with Gasteiger partial charge in [0.15, 0.2) is 5.60 Å². The Labute approximate surface area is 157 Å². The Morgan fingerprint density at radius 3 is 2.07 bits per heavy atom. The summed E-state index contributed by atoms with van der Waals surface area (Å²) in [5.74, 6) is 0. The lowest BCUT2D eigenvalue weighted by Crippen LogP contribution is -2.74. The molecule has 0 spiro atoms. The fraction of sp³-hybridized carbons (Fsp3) is 0.438. The molecule has 6 atom stereocenters. The van der Waals surface area contributed by atoms with Gasteiger partial charge < -0.3 is 39.7 Å². The molecule has 0 amide bonds. The molecule has 3 rings (SSSR count). The number of hydrogen-bond donors (Lipinski definition) is 7. The Kier molecular flexibility index (Phi) is 5.04. The van der Waals surface area contributed by atoms with Crippen molar-refractivity contribution < 1.29 is 48.8 Å². The van der Waals surface area contributed by atoms with E-state index in [9.17, 15) is 44.7 Å². The Balaban J connectivity index is 2.29. The van der Waals surface area contributed by atoms with E-state index < -0.39 is 49.1 Å². The van der Waals surface area contributed by atoms with Gasteiger partial charge in [-0.1, -0.05) is 12.1 Å². The Morgan fingerprint density at radius 1 is 1.00 bits per heavy atom. The predicted molar refractivity (Wildman–Crippen MR) is 91.9 cm³/mol. The molecule has 12 heteroatoms. The van der Waals surface area contributed by atoms with E-state index in [0.717, 1.165) is 19.1 Å². The van der Waals surface area contributed by atoms with E-state index in [1.165, 1.54) is 18.2 Å². The van der Waals surface area contributed by atoms with Gasteiger partial charge in [-0.15, -0.1) is 0 Å². The molecule has 1 aliphatic rings. The van der Waals surface area contributed by atoms with Crippen LogP contribution in [0.4, 0.5) is 0 Å². The van der Waals surface area contributed by atoms with Crippen molar-refractivity contribution in [2.24, 2.45) is 0 Å². The van der Waals surface area contributed by atoms with Crippen LogP contribution in [0.2, 0.25) is 0 Å². The summed E-state index contributed by atoms with van der Waals surface area (Å²) in [4.78, 5) is 30.2. The van der Waals surface area contributed by atoms with Gasteiger partial charge in [0.1, 0.15) is 35.6 Å². The van der Waals surface area contributed by atoms with Crippen molar-refractivity contribution in [1.82, 2.24) is 0 Å². The zero-order valence-corrected chi connectivity index (χ0v) is 15.3. The van der Waals surface area contributed by atoms with Crippen LogP contribution in [0.5, 0.6) is 0 Å². The molecule has 1 aromatic carbocycles. The average molecular weight is 418 g/mol. The van der Waals surface area contributed by atoms with Gasteiger partial charge in [0, 0.05) is 11.5 Å². The van der Waals surface area contributed by atoms with Gasteiger partial charge in [0.05, 0.1) is 0 Å². The number of hydrogen-bond acceptors (Lipinski definition) is 9. The van der Waals surface area contributed by atoms with Crippen LogP contribution in [-0.4, -0.2) is 65.3 Å². The molecule has 0 bridgehead atoms. The first-order chi connectivity index (χ1) is 12.8. The summed E-state index contributed by atoms with van der Waals surface area (Å²) >= 11 is 0. The number of rotatable bonds is 3. The number of benzene rings is 1. The molecule has 0 saturated heterocycles. The Bertz CT molecular complexity index is 975. The summed E-state index contributed by atoms with van der Waals surface area (Å²) in [7, 11) is -5.42. The quantitative estimate of drug-likeness (QED) is 0.222. The predicted octanol–water partition coefficient (Wildman–Crippen LogP) is -1.69. The second kappa shape index (κ2) is 6.70. The SMILES string of the molecule is CC1(O)[C@H](O)[C@H](O)C(OP(=O)(O)O)(c2ccc3ccc(=O)oc3c2)[C@@H](O)[C@@H]1O. The van der Waals surface area contributed by atoms with Crippen molar-refractivity contribution >= 4 is 18.8 Å². The van der Waals surface area contributed by atoms with Crippen molar-refractivity contribution in [1.29, 1.82) is 0 Å². The monoisotopic (exact) mass is 418 g/mol. The lowest BCUT2D eigenvalue weighted by atomic mass is 9.66. The Hall–Kier alpha value is -1.66. The molecule has 1 heterocycles. The van der Waals surface area contributed by atoms with Crippen LogP contribution >= 0.6 is 7.82 Å². The topological polar surface area (TPSA) is 198 Å². The summed E-state index contributed by atoms with van der Waals surface area (Å²) in [5, 5.41) is 52.4. The Morgan fingerprint density at radius 2 is 1.54 bits per heavy atom. The second-order valence-electron chi connectivity index (χ2n) is 6.89. The summed E-state index contributed by atoms with van der Waals surface area (Å²) in [5.41, 5.74) is -6.31. The van der Waals surface area contributed by atoms with Crippen molar-refractivity contribution in [3.8, 4) is 0 Å². The first-order valence-corrected chi connectivity index (χ1v) is 9.59. The number of phosphoric ester groups is 1. The van der Waals surface area contributed by atoms with E-state index in [1.807, 2.05) is 0 Å². The zero-order valence-electron chi connectivity index (χ0n) is 14.4. The van der Waals surface area contributed by atoms with Crippen molar-refractivity contribution in [2.75, 3.05) is 0 Å². The molecule has 2 unspecified atom stereocenters. The van der Waals surface area contributed by atoms with E-state index in [0.29, 0.717) is 5.39 Å². The molecule has 0 radical (unpaired) electrons. The molecule has 2 aromatic rings. The van der Waals surface area contributed by atoms with Gasteiger partial charge in [0.2, 0.25) is 0 Å². The minimum atomic E-state index is -5.42. The highest BCUT2D eigenvalue weighted by Gasteiger charge is 2.66. The lowest BCUT2D eigenvalue weighted by molar-refractivity contribution is -0.297. The van der Waals surface area contributed by atoms with Crippen LogP contribution in [0, 0.1) is 0 Å². The van der Waals surface area contributed by atoms with E-state index in [4.69, 9.17) is 8.94 Å². The highest BCUT2D eigenvalue weighted by atomic mass is 31.2.